The van der Waals surface area contributed by atoms with E-state index in [2.05, 4.69) is 20.8 Å². The molecule has 0 amide bonds. The van der Waals surface area contributed by atoms with Crippen LogP contribution in [0.5, 0.6) is 0 Å². The average molecular weight is 286 g/mol. The van der Waals surface area contributed by atoms with Gasteiger partial charge in [-0.1, -0.05) is 72.1 Å². The lowest BCUT2D eigenvalue weighted by Crippen LogP contribution is -2.24. The highest BCUT2D eigenvalue weighted by molar-refractivity contribution is 4.74. The summed E-state index contributed by atoms with van der Waals surface area (Å²) >= 11 is 0. The number of hydrogen-bond acceptors (Lipinski definition) is 2. The minimum atomic E-state index is 0.370. The van der Waals surface area contributed by atoms with Crippen molar-refractivity contribution < 1.29 is 9.47 Å². The van der Waals surface area contributed by atoms with E-state index in [0.29, 0.717) is 12.0 Å². The van der Waals surface area contributed by atoms with E-state index < -0.39 is 0 Å². The van der Waals surface area contributed by atoms with Crippen LogP contribution in [0.1, 0.15) is 85.0 Å². The van der Waals surface area contributed by atoms with Crippen LogP contribution in [0.2, 0.25) is 0 Å². The molecule has 0 aliphatic rings. The van der Waals surface area contributed by atoms with Crippen molar-refractivity contribution >= 4 is 0 Å². The van der Waals surface area contributed by atoms with Gasteiger partial charge in [-0.05, 0) is 18.3 Å². The molecule has 0 radical (unpaired) electrons. The van der Waals surface area contributed by atoms with Crippen LogP contribution < -0.4 is 0 Å². The normalized spacial score (nSPS) is 12.0. The summed E-state index contributed by atoms with van der Waals surface area (Å²) in [6.45, 7) is 9.31. The number of ether oxygens (including phenoxy) is 2. The van der Waals surface area contributed by atoms with Gasteiger partial charge in [0.2, 0.25) is 0 Å². The Balaban J connectivity index is 3.98. The zero-order chi connectivity index (χ0) is 15.1. The zero-order valence-electron chi connectivity index (χ0n) is 14.5. The van der Waals surface area contributed by atoms with Crippen molar-refractivity contribution in [1.29, 1.82) is 0 Å². The molecule has 0 saturated carbocycles. The second-order valence-electron chi connectivity index (χ2n) is 6.48. The van der Waals surface area contributed by atoms with Crippen LogP contribution in [0, 0.1) is 5.41 Å². The van der Waals surface area contributed by atoms with Gasteiger partial charge in [0.25, 0.3) is 0 Å². The van der Waals surface area contributed by atoms with Crippen molar-refractivity contribution in [2.24, 2.45) is 5.41 Å². The summed E-state index contributed by atoms with van der Waals surface area (Å²) in [6.07, 6.45) is 13.5. The third-order valence-electron chi connectivity index (χ3n) is 4.15. The van der Waals surface area contributed by atoms with Gasteiger partial charge in [0.1, 0.15) is 0 Å². The summed E-state index contributed by atoms with van der Waals surface area (Å²) < 4.78 is 10.9. The van der Waals surface area contributed by atoms with Gasteiger partial charge in [-0.2, -0.15) is 0 Å². The van der Waals surface area contributed by atoms with E-state index in [1.807, 2.05) is 0 Å². The first-order chi connectivity index (χ1) is 9.68. The lowest BCUT2D eigenvalue weighted by Gasteiger charge is -2.30. The lowest BCUT2D eigenvalue weighted by atomic mass is 9.80. The molecule has 0 atom stereocenters. The molecule has 0 fully saturated rings. The minimum absolute atomic E-state index is 0.370. The third kappa shape index (κ3) is 11.7. The van der Waals surface area contributed by atoms with Gasteiger partial charge in [0.05, 0.1) is 19.8 Å². The number of hydrogen-bond donors (Lipinski definition) is 0. The Hall–Kier alpha value is -0.0800. The van der Waals surface area contributed by atoms with Crippen molar-refractivity contribution in [3.63, 3.8) is 0 Å². The minimum Gasteiger partial charge on any atom is -0.382 e. The maximum absolute atomic E-state index is 5.83. The van der Waals surface area contributed by atoms with Gasteiger partial charge < -0.3 is 9.47 Å². The molecule has 0 N–H and O–H groups in total. The van der Waals surface area contributed by atoms with Gasteiger partial charge in [0.15, 0.2) is 0 Å². The Morgan fingerprint density at radius 2 is 1.30 bits per heavy atom. The molecule has 122 valence electrons. The van der Waals surface area contributed by atoms with E-state index in [9.17, 15) is 0 Å². The Morgan fingerprint density at radius 3 is 1.75 bits per heavy atom. The monoisotopic (exact) mass is 286 g/mol. The number of rotatable bonds is 15. The molecule has 0 aliphatic carbocycles. The molecular formula is C18H38O2. The molecule has 0 aromatic rings. The summed E-state index contributed by atoms with van der Waals surface area (Å²) in [5.41, 5.74) is 0.370. The molecule has 2 heteroatoms. The second-order valence-corrected chi connectivity index (χ2v) is 6.48. The van der Waals surface area contributed by atoms with Crippen LogP contribution in [0.3, 0.4) is 0 Å². The first kappa shape index (κ1) is 19.9. The number of methoxy groups -OCH3 is 1. The molecule has 0 saturated heterocycles. The summed E-state index contributed by atoms with van der Waals surface area (Å²) in [6, 6.07) is 0. The van der Waals surface area contributed by atoms with Crippen LogP contribution in [0.4, 0.5) is 0 Å². The molecular weight excluding hydrogens is 248 g/mol. The smallest absolute Gasteiger partial charge is 0.0700 e. The first-order valence-electron chi connectivity index (χ1n) is 8.75. The average Bonchev–Trinajstić information content (AvgIpc) is 2.45. The molecule has 0 aliphatic heterocycles. The molecule has 20 heavy (non-hydrogen) atoms. The van der Waals surface area contributed by atoms with Crippen molar-refractivity contribution in [2.45, 2.75) is 85.0 Å². The zero-order valence-corrected chi connectivity index (χ0v) is 14.5. The molecule has 0 spiro atoms. The van der Waals surface area contributed by atoms with Crippen molar-refractivity contribution in [3.8, 4) is 0 Å². The lowest BCUT2D eigenvalue weighted by molar-refractivity contribution is 0.0129. The molecule has 0 aromatic heterocycles. The Labute approximate surface area is 127 Å². The molecule has 0 bridgehead atoms. The summed E-state index contributed by atoms with van der Waals surface area (Å²) in [5.74, 6) is 0. The molecule has 0 aromatic carbocycles. The molecule has 0 heterocycles. The Bertz CT molecular complexity index is 161. The van der Waals surface area contributed by atoms with Crippen LogP contribution in [0.25, 0.3) is 0 Å². The highest BCUT2D eigenvalue weighted by Gasteiger charge is 2.23. The van der Waals surface area contributed by atoms with Crippen LogP contribution >= 0.6 is 0 Å². The fraction of sp³-hybridized carbons (Fsp3) is 1.00. The molecule has 2 nitrogen and oxygen atoms in total. The first-order valence-corrected chi connectivity index (χ1v) is 8.75. The van der Waals surface area contributed by atoms with E-state index in [4.69, 9.17) is 9.47 Å². The fourth-order valence-corrected chi connectivity index (χ4v) is 2.69. The topological polar surface area (TPSA) is 18.5 Å². The van der Waals surface area contributed by atoms with Crippen molar-refractivity contribution in [3.05, 3.63) is 0 Å². The Morgan fingerprint density at radius 1 is 0.750 bits per heavy atom. The van der Waals surface area contributed by atoms with Crippen molar-refractivity contribution in [1.82, 2.24) is 0 Å². The SMILES string of the molecule is CCCCCCC(C)(CCCCCC)COCCOC. The number of unbranched alkanes of at least 4 members (excludes halogenated alkanes) is 6. The highest BCUT2D eigenvalue weighted by atomic mass is 16.5. The predicted molar refractivity (Wildman–Crippen MR) is 88.3 cm³/mol. The molecule has 0 unspecified atom stereocenters. The van der Waals surface area contributed by atoms with Gasteiger partial charge in [-0.25, -0.2) is 0 Å². The van der Waals surface area contributed by atoms with Gasteiger partial charge in [0, 0.05) is 7.11 Å². The van der Waals surface area contributed by atoms with E-state index in [1.54, 1.807) is 7.11 Å². The van der Waals surface area contributed by atoms with Crippen LogP contribution in [-0.2, 0) is 9.47 Å². The van der Waals surface area contributed by atoms with E-state index >= 15 is 0 Å². The maximum Gasteiger partial charge on any atom is 0.0700 e. The van der Waals surface area contributed by atoms with Gasteiger partial charge >= 0.3 is 0 Å². The summed E-state index contributed by atoms with van der Waals surface area (Å²) in [5, 5.41) is 0. The highest BCUT2D eigenvalue weighted by Crippen LogP contribution is 2.31. The summed E-state index contributed by atoms with van der Waals surface area (Å²) in [7, 11) is 1.73. The summed E-state index contributed by atoms with van der Waals surface area (Å²) in [4.78, 5) is 0. The molecule has 0 rings (SSSR count). The van der Waals surface area contributed by atoms with Crippen LogP contribution in [-0.4, -0.2) is 26.9 Å². The van der Waals surface area contributed by atoms with Crippen molar-refractivity contribution in [2.75, 3.05) is 26.9 Å². The van der Waals surface area contributed by atoms with Gasteiger partial charge in [-0.3, -0.25) is 0 Å². The van der Waals surface area contributed by atoms with Gasteiger partial charge in [-0.15, -0.1) is 0 Å². The third-order valence-corrected chi connectivity index (χ3v) is 4.15. The fourth-order valence-electron chi connectivity index (χ4n) is 2.69. The quantitative estimate of drug-likeness (QED) is 0.365. The largest absolute Gasteiger partial charge is 0.382 e. The standard InChI is InChI=1S/C18H38O2/c1-5-7-9-11-13-18(3,14-12-10-8-6-2)17-20-16-15-19-4/h5-17H2,1-4H3. The van der Waals surface area contributed by atoms with E-state index in [1.165, 1.54) is 64.2 Å². The Kier molecular flexibility index (Phi) is 13.8. The van der Waals surface area contributed by atoms with E-state index in [0.717, 1.165) is 13.2 Å². The van der Waals surface area contributed by atoms with Crippen LogP contribution in [0.15, 0.2) is 0 Å². The predicted octanol–water partition coefficient (Wildman–Crippen LogP) is 5.60. The maximum atomic E-state index is 5.83. The van der Waals surface area contributed by atoms with E-state index in [-0.39, 0.29) is 0 Å². The second kappa shape index (κ2) is 13.9.